The van der Waals surface area contributed by atoms with Crippen LogP contribution in [0.2, 0.25) is 0 Å². The molecule has 0 aliphatic carbocycles. The molecule has 0 aliphatic heterocycles. The van der Waals surface area contributed by atoms with Crippen LogP contribution in [0.1, 0.15) is 17.1 Å². The molecule has 0 atom stereocenters. The van der Waals surface area contributed by atoms with E-state index in [0.717, 1.165) is 36.7 Å². The Labute approximate surface area is 163 Å². The van der Waals surface area contributed by atoms with Crippen LogP contribution in [0.5, 0.6) is 0 Å². The molecule has 0 spiro atoms. The molecule has 4 nitrogen and oxygen atoms in total. The molecule has 0 radical (unpaired) electrons. The van der Waals surface area contributed by atoms with Crippen LogP contribution < -0.4 is 17.0 Å². The fraction of sp³-hybridized carbons (Fsp3) is 0.167. The van der Waals surface area contributed by atoms with Gasteiger partial charge >= 0.3 is 17.1 Å². The predicted molar refractivity (Wildman–Crippen MR) is 85.7 cm³/mol. The third-order valence-corrected chi connectivity index (χ3v) is 3.34. The van der Waals surface area contributed by atoms with Crippen LogP contribution >= 0.6 is 0 Å². The van der Waals surface area contributed by atoms with Gasteiger partial charge in [-0.2, -0.15) is 0 Å². The normalized spacial score (nSPS) is 9.88. The minimum Gasteiger partial charge on any atom is -1.00 e. The molecule has 24 heavy (non-hydrogen) atoms. The first-order chi connectivity index (χ1) is 10.9. The molecule has 0 N–H and O–H groups in total. The monoisotopic (exact) mass is 432 g/mol. The van der Waals surface area contributed by atoms with Crippen molar-refractivity contribution in [3.63, 3.8) is 0 Å². The first-order valence-corrected chi connectivity index (χ1v) is 7.32. The van der Waals surface area contributed by atoms with Gasteiger partial charge in [-0.25, -0.2) is 0 Å². The maximum atomic E-state index is 4.42. The van der Waals surface area contributed by atoms with Gasteiger partial charge in [-0.05, 0) is 36.4 Å². The summed E-state index contributed by atoms with van der Waals surface area (Å²) < 4.78 is 0. The van der Waals surface area contributed by atoms with Crippen LogP contribution in [-0.2, 0) is 36.7 Å². The van der Waals surface area contributed by atoms with Crippen LogP contribution in [0.25, 0.3) is 0 Å². The molecule has 3 aromatic rings. The minimum absolute atomic E-state index is 0. The van der Waals surface area contributed by atoms with Crippen LogP contribution in [-0.4, -0.2) is 19.9 Å². The standard InChI is InChI=1S/C18H18N4.BrH.Cu/c1-4-10-19-16(7-1)13-22(14-17-8-2-5-11-20-17)15-18-9-3-6-12-21-18;;/h1-12H,13-15H2;1H;/q;;+1/p-1. The zero-order valence-corrected chi connectivity index (χ0v) is 15.5. The fourth-order valence-electron chi connectivity index (χ4n) is 2.33. The van der Waals surface area contributed by atoms with Crippen LogP contribution in [0.4, 0.5) is 0 Å². The SMILES string of the molecule is [Br-].[Cu+].c1ccc(CN(Cc2ccccn2)Cc2ccccn2)nc1. The maximum Gasteiger partial charge on any atom is 1.00 e. The third kappa shape index (κ3) is 6.49. The van der Waals surface area contributed by atoms with Gasteiger partial charge in [0.25, 0.3) is 0 Å². The molecule has 0 saturated heterocycles. The van der Waals surface area contributed by atoms with Crippen molar-refractivity contribution in [3.8, 4) is 0 Å². The summed E-state index contributed by atoms with van der Waals surface area (Å²) in [6.07, 6.45) is 5.49. The maximum absolute atomic E-state index is 4.42. The molecule has 0 aliphatic rings. The van der Waals surface area contributed by atoms with Crippen molar-refractivity contribution in [2.45, 2.75) is 19.6 Å². The number of rotatable bonds is 6. The Morgan fingerprint density at radius 3 is 1.17 bits per heavy atom. The average molecular weight is 434 g/mol. The predicted octanol–water partition coefficient (Wildman–Crippen LogP) is 0.0755. The molecule has 6 heteroatoms. The molecule has 0 fully saturated rings. The molecule has 3 rings (SSSR count). The summed E-state index contributed by atoms with van der Waals surface area (Å²) in [6, 6.07) is 18.0. The van der Waals surface area contributed by atoms with Crippen molar-refractivity contribution in [2.24, 2.45) is 0 Å². The van der Waals surface area contributed by atoms with Crippen LogP contribution in [0.15, 0.2) is 73.2 Å². The van der Waals surface area contributed by atoms with Crippen molar-refractivity contribution in [2.75, 3.05) is 0 Å². The summed E-state index contributed by atoms with van der Waals surface area (Å²) in [6.45, 7) is 2.32. The van der Waals surface area contributed by atoms with Crippen LogP contribution in [0.3, 0.4) is 0 Å². The van der Waals surface area contributed by atoms with E-state index in [9.17, 15) is 0 Å². The van der Waals surface area contributed by atoms with Gasteiger partial charge in [-0.3, -0.25) is 19.9 Å². The van der Waals surface area contributed by atoms with E-state index in [0.29, 0.717) is 0 Å². The second-order valence-corrected chi connectivity index (χ2v) is 5.11. The zero-order chi connectivity index (χ0) is 15.0. The quantitative estimate of drug-likeness (QED) is 0.516. The summed E-state index contributed by atoms with van der Waals surface area (Å²) in [5, 5.41) is 0. The van der Waals surface area contributed by atoms with Gasteiger partial charge in [-0.1, -0.05) is 18.2 Å². The van der Waals surface area contributed by atoms with Crippen molar-refractivity contribution in [1.29, 1.82) is 0 Å². The Morgan fingerprint density at radius 2 is 0.917 bits per heavy atom. The van der Waals surface area contributed by atoms with Crippen molar-refractivity contribution in [1.82, 2.24) is 19.9 Å². The number of nitrogens with zero attached hydrogens (tertiary/aromatic N) is 4. The molecule has 0 amide bonds. The number of pyridine rings is 3. The van der Waals surface area contributed by atoms with Gasteiger partial charge in [0.1, 0.15) is 0 Å². The first kappa shape index (κ1) is 20.5. The second-order valence-electron chi connectivity index (χ2n) is 5.11. The summed E-state index contributed by atoms with van der Waals surface area (Å²) in [4.78, 5) is 15.6. The van der Waals surface area contributed by atoms with E-state index in [1.165, 1.54) is 0 Å². The Morgan fingerprint density at radius 1 is 0.583 bits per heavy atom. The van der Waals surface area contributed by atoms with Crippen molar-refractivity contribution >= 4 is 0 Å². The van der Waals surface area contributed by atoms with Gasteiger partial charge in [0, 0.05) is 38.2 Å². The van der Waals surface area contributed by atoms with Gasteiger partial charge in [0.05, 0.1) is 17.1 Å². The Balaban J connectivity index is 0.00000144. The molecule has 3 aromatic heterocycles. The van der Waals surface area contributed by atoms with Gasteiger partial charge in [-0.15, -0.1) is 0 Å². The van der Waals surface area contributed by atoms with E-state index in [2.05, 4.69) is 19.9 Å². The molecular formula is C18H18BrCuN4. The van der Waals surface area contributed by atoms with Gasteiger partial charge < -0.3 is 17.0 Å². The van der Waals surface area contributed by atoms with Crippen molar-refractivity contribution < 1.29 is 34.1 Å². The topological polar surface area (TPSA) is 41.9 Å². The average Bonchev–Trinajstić information content (AvgIpc) is 2.57. The fourth-order valence-corrected chi connectivity index (χ4v) is 2.33. The van der Waals surface area contributed by atoms with E-state index < -0.39 is 0 Å². The molecule has 128 valence electrons. The molecule has 0 unspecified atom stereocenters. The Bertz CT molecular complexity index is 584. The third-order valence-electron chi connectivity index (χ3n) is 3.34. The van der Waals surface area contributed by atoms with Gasteiger partial charge in [0.2, 0.25) is 0 Å². The summed E-state index contributed by atoms with van der Waals surface area (Å²) in [5.74, 6) is 0. The number of halogens is 1. The first-order valence-electron chi connectivity index (χ1n) is 7.32. The molecule has 0 saturated carbocycles. The molecule has 0 aromatic carbocycles. The zero-order valence-electron chi connectivity index (χ0n) is 13.0. The Kier molecular flexibility index (Phi) is 9.42. The molecule has 0 bridgehead atoms. The smallest absolute Gasteiger partial charge is 1.00 e. The summed E-state index contributed by atoms with van der Waals surface area (Å²) in [5.41, 5.74) is 3.15. The van der Waals surface area contributed by atoms with Crippen LogP contribution in [0, 0.1) is 0 Å². The number of aromatic nitrogens is 3. The summed E-state index contributed by atoms with van der Waals surface area (Å²) >= 11 is 0. The van der Waals surface area contributed by atoms with E-state index in [4.69, 9.17) is 0 Å². The molecule has 3 heterocycles. The summed E-state index contributed by atoms with van der Waals surface area (Å²) in [7, 11) is 0. The second kappa shape index (κ2) is 11.0. The largest absolute Gasteiger partial charge is 1.00 e. The van der Waals surface area contributed by atoms with E-state index in [1.807, 2.05) is 73.2 Å². The Hall–Kier alpha value is -1.59. The molecular weight excluding hydrogens is 416 g/mol. The van der Waals surface area contributed by atoms with E-state index in [1.54, 1.807) is 0 Å². The van der Waals surface area contributed by atoms with E-state index in [-0.39, 0.29) is 34.1 Å². The minimum atomic E-state index is 0. The van der Waals surface area contributed by atoms with Gasteiger partial charge in [0.15, 0.2) is 0 Å². The van der Waals surface area contributed by atoms with Crippen molar-refractivity contribution in [3.05, 3.63) is 90.3 Å². The number of hydrogen-bond donors (Lipinski definition) is 0. The number of hydrogen-bond acceptors (Lipinski definition) is 4. The van der Waals surface area contributed by atoms with E-state index >= 15 is 0 Å².